The number of likely N-dealkylation sites (tertiary alicyclic amines) is 1. The SMILES string of the molecule is CSCc1ccc(C(=O)N2CCC[C@H](c3nccn3CC3CC3)C2)o1. The average molecular weight is 359 g/mol. The number of rotatable bonds is 6. The summed E-state index contributed by atoms with van der Waals surface area (Å²) >= 11 is 1.70. The van der Waals surface area contributed by atoms with Crippen molar-refractivity contribution < 1.29 is 9.21 Å². The number of hydrogen-bond donors (Lipinski definition) is 0. The second-order valence-corrected chi connectivity index (χ2v) is 8.04. The molecule has 0 bridgehead atoms. The van der Waals surface area contributed by atoms with E-state index in [2.05, 4.69) is 15.7 Å². The summed E-state index contributed by atoms with van der Waals surface area (Å²) < 4.78 is 8.02. The second kappa shape index (κ2) is 7.28. The summed E-state index contributed by atoms with van der Waals surface area (Å²) in [7, 11) is 0. The molecule has 0 radical (unpaired) electrons. The molecule has 2 aliphatic rings. The Balaban J connectivity index is 1.45. The minimum atomic E-state index is 0.0114. The van der Waals surface area contributed by atoms with Gasteiger partial charge < -0.3 is 13.9 Å². The van der Waals surface area contributed by atoms with Crippen molar-refractivity contribution in [2.75, 3.05) is 19.3 Å². The van der Waals surface area contributed by atoms with E-state index < -0.39 is 0 Å². The van der Waals surface area contributed by atoms with Gasteiger partial charge in [-0.3, -0.25) is 4.79 Å². The van der Waals surface area contributed by atoms with E-state index in [1.807, 2.05) is 29.5 Å². The number of nitrogens with zero attached hydrogens (tertiary/aromatic N) is 3. The van der Waals surface area contributed by atoms with E-state index in [4.69, 9.17) is 4.42 Å². The van der Waals surface area contributed by atoms with Crippen LogP contribution < -0.4 is 0 Å². The largest absolute Gasteiger partial charge is 0.455 e. The molecule has 0 N–H and O–H groups in total. The van der Waals surface area contributed by atoms with Crippen molar-refractivity contribution in [2.24, 2.45) is 5.92 Å². The van der Waals surface area contributed by atoms with Crippen LogP contribution in [0.15, 0.2) is 28.9 Å². The minimum Gasteiger partial charge on any atom is -0.455 e. The third-order valence-corrected chi connectivity index (χ3v) is 5.71. The Morgan fingerprint density at radius 3 is 3.04 bits per heavy atom. The zero-order chi connectivity index (χ0) is 17.2. The summed E-state index contributed by atoms with van der Waals surface area (Å²) in [5.41, 5.74) is 0. The van der Waals surface area contributed by atoms with Crippen molar-refractivity contribution in [2.45, 2.75) is 43.9 Å². The highest BCUT2D eigenvalue weighted by Crippen LogP contribution is 2.33. The van der Waals surface area contributed by atoms with Crippen LogP contribution in [-0.2, 0) is 12.3 Å². The first kappa shape index (κ1) is 16.8. The van der Waals surface area contributed by atoms with Gasteiger partial charge in [0.2, 0.25) is 0 Å². The third-order valence-electron chi connectivity index (χ3n) is 5.13. The molecule has 1 aliphatic heterocycles. The first-order valence-corrected chi connectivity index (χ1v) is 10.5. The Morgan fingerprint density at radius 1 is 1.36 bits per heavy atom. The fraction of sp³-hybridized carbons (Fsp3) is 0.579. The molecule has 1 aliphatic carbocycles. The van der Waals surface area contributed by atoms with E-state index in [0.29, 0.717) is 11.7 Å². The Labute approximate surface area is 152 Å². The molecule has 1 amide bonds. The highest BCUT2D eigenvalue weighted by molar-refractivity contribution is 7.97. The van der Waals surface area contributed by atoms with Crippen LogP contribution in [0.25, 0.3) is 0 Å². The smallest absolute Gasteiger partial charge is 0.289 e. The van der Waals surface area contributed by atoms with Gasteiger partial charge in [-0.05, 0) is 50.0 Å². The molecule has 6 heteroatoms. The van der Waals surface area contributed by atoms with Gasteiger partial charge >= 0.3 is 0 Å². The van der Waals surface area contributed by atoms with Crippen LogP contribution in [0.1, 0.15) is 53.7 Å². The maximum Gasteiger partial charge on any atom is 0.289 e. The Morgan fingerprint density at radius 2 is 2.24 bits per heavy atom. The van der Waals surface area contributed by atoms with Crippen LogP contribution in [-0.4, -0.2) is 39.7 Å². The molecule has 3 heterocycles. The Hall–Kier alpha value is -1.69. The maximum absolute atomic E-state index is 12.8. The lowest BCUT2D eigenvalue weighted by atomic mass is 9.97. The molecule has 2 aromatic heterocycles. The van der Waals surface area contributed by atoms with Gasteiger partial charge in [0, 0.05) is 37.9 Å². The molecule has 134 valence electrons. The summed E-state index contributed by atoms with van der Waals surface area (Å²) in [5.74, 6) is 4.44. The summed E-state index contributed by atoms with van der Waals surface area (Å²) in [4.78, 5) is 19.4. The van der Waals surface area contributed by atoms with Gasteiger partial charge in [-0.2, -0.15) is 11.8 Å². The topological polar surface area (TPSA) is 51.3 Å². The molecular weight excluding hydrogens is 334 g/mol. The van der Waals surface area contributed by atoms with E-state index in [1.54, 1.807) is 11.8 Å². The van der Waals surface area contributed by atoms with Crippen LogP contribution in [0.4, 0.5) is 0 Å². The zero-order valence-electron chi connectivity index (χ0n) is 14.7. The molecule has 0 aromatic carbocycles. The molecule has 1 saturated carbocycles. The minimum absolute atomic E-state index is 0.0114. The second-order valence-electron chi connectivity index (χ2n) is 7.17. The van der Waals surface area contributed by atoms with Crippen LogP contribution in [0.2, 0.25) is 0 Å². The normalized spacial score (nSPS) is 20.8. The standard InChI is InChI=1S/C19H25N3O2S/c1-25-13-16-6-7-17(24-16)19(23)22-9-2-3-15(12-22)18-20-8-10-21(18)11-14-4-5-14/h6-8,10,14-15H,2-5,9,11-13H2,1H3/t15-/m0/s1. The highest BCUT2D eigenvalue weighted by Gasteiger charge is 2.30. The van der Waals surface area contributed by atoms with Crippen LogP contribution in [0, 0.1) is 5.92 Å². The van der Waals surface area contributed by atoms with Crippen LogP contribution >= 0.6 is 11.8 Å². The highest BCUT2D eigenvalue weighted by atomic mass is 32.2. The maximum atomic E-state index is 12.8. The predicted octanol–water partition coefficient (Wildman–Crippen LogP) is 3.77. The molecule has 1 saturated heterocycles. The van der Waals surface area contributed by atoms with Gasteiger partial charge in [0.15, 0.2) is 5.76 Å². The lowest BCUT2D eigenvalue weighted by molar-refractivity contribution is 0.0669. The molecule has 0 spiro atoms. The molecule has 0 unspecified atom stereocenters. The van der Waals surface area contributed by atoms with Crippen molar-refractivity contribution in [3.05, 3.63) is 41.9 Å². The third kappa shape index (κ3) is 3.78. The van der Waals surface area contributed by atoms with Gasteiger partial charge in [-0.25, -0.2) is 4.98 Å². The van der Waals surface area contributed by atoms with E-state index >= 15 is 0 Å². The first-order chi connectivity index (χ1) is 12.2. The molecule has 4 rings (SSSR count). The number of carbonyl (C=O) groups is 1. The fourth-order valence-electron chi connectivity index (χ4n) is 3.65. The summed E-state index contributed by atoms with van der Waals surface area (Å²) in [6.45, 7) is 2.62. The first-order valence-electron chi connectivity index (χ1n) is 9.12. The van der Waals surface area contributed by atoms with Crippen LogP contribution in [0.5, 0.6) is 0 Å². The summed E-state index contributed by atoms with van der Waals surface area (Å²) in [6, 6.07) is 3.72. The quantitative estimate of drug-likeness (QED) is 0.788. The lowest BCUT2D eigenvalue weighted by Gasteiger charge is -2.32. The predicted molar refractivity (Wildman–Crippen MR) is 98.8 cm³/mol. The van der Waals surface area contributed by atoms with Crippen molar-refractivity contribution >= 4 is 17.7 Å². The van der Waals surface area contributed by atoms with Gasteiger partial charge in [-0.15, -0.1) is 0 Å². The van der Waals surface area contributed by atoms with Gasteiger partial charge in [0.1, 0.15) is 11.6 Å². The molecule has 2 aromatic rings. The van der Waals surface area contributed by atoms with E-state index in [1.165, 1.54) is 12.8 Å². The number of carbonyl (C=O) groups excluding carboxylic acids is 1. The number of amides is 1. The number of piperidine rings is 1. The summed E-state index contributed by atoms with van der Waals surface area (Å²) in [6.07, 6.45) is 10.8. The molecule has 5 nitrogen and oxygen atoms in total. The zero-order valence-corrected chi connectivity index (χ0v) is 15.5. The van der Waals surface area contributed by atoms with E-state index in [-0.39, 0.29) is 5.91 Å². The number of thioether (sulfide) groups is 1. The Kier molecular flexibility index (Phi) is 4.88. The Bertz CT molecular complexity index is 735. The van der Waals surface area contributed by atoms with Gasteiger partial charge in [-0.1, -0.05) is 0 Å². The van der Waals surface area contributed by atoms with Crippen molar-refractivity contribution in [3.63, 3.8) is 0 Å². The lowest BCUT2D eigenvalue weighted by Crippen LogP contribution is -2.39. The number of imidazole rings is 1. The average Bonchev–Trinajstić information content (AvgIpc) is 3.12. The van der Waals surface area contributed by atoms with Gasteiger partial charge in [0.25, 0.3) is 5.91 Å². The van der Waals surface area contributed by atoms with E-state index in [9.17, 15) is 4.79 Å². The van der Waals surface area contributed by atoms with Crippen LogP contribution in [0.3, 0.4) is 0 Å². The number of furan rings is 1. The van der Waals surface area contributed by atoms with Crippen molar-refractivity contribution in [1.29, 1.82) is 0 Å². The molecule has 1 atom stereocenters. The monoisotopic (exact) mass is 359 g/mol. The number of aromatic nitrogens is 2. The molecule has 25 heavy (non-hydrogen) atoms. The van der Waals surface area contributed by atoms with E-state index in [0.717, 1.165) is 55.7 Å². The fourth-order valence-corrected chi connectivity index (χ4v) is 4.09. The van der Waals surface area contributed by atoms with Gasteiger partial charge in [0.05, 0.1) is 5.75 Å². The van der Waals surface area contributed by atoms with Crippen molar-refractivity contribution in [3.8, 4) is 0 Å². The number of hydrogen-bond acceptors (Lipinski definition) is 4. The van der Waals surface area contributed by atoms with Crippen molar-refractivity contribution in [1.82, 2.24) is 14.5 Å². The molecular formula is C19H25N3O2S. The summed E-state index contributed by atoms with van der Waals surface area (Å²) in [5, 5.41) is 0. The molecule has 2 fully saturated rings.